The molecule has 0 aromatic carbocycles. The monoisotopic (exact) mass is 210 g/mol. The van der Waals surface area contributed by atoms with E-state index in [1.54, 1.807) is 0 Å². The lowest BCUT2D eigenvalue weighted by molar-refractivity contribution is -0.122. The van der Waals surface area contributed by atoms with Crippen LogP contribution in [0, 0.1) is 17.8 Å². The van der Waals surface area contributed by atoms with Gasteiger partial charge in [0.1, 0.15) is 5.78 Å². The van der Waals surface area contributed by atoms with E-state index in [2.05, 4.69) is 6.92 Å². The fourth-order valence-electron chi connectivity index (χ4n) is 2.56. The number of Topliss-reactive ketones (excluding diaryl/α,β-unsaturated/α-hetero) is 1. The summed E-state index contributed by atoms with van der Waals surface area (Å²) in [7, 11) is 0. The van der Waals surface area contributed by atoms with Gasteiger partial charge in [-0.05, 0) is 18.3 Å². The van der Waals surface area contributed by atoms with Gasteiger partial charge in [-0.25, -0.2) is 0 Å². The summed E-state index contributed by atoms with van der Waals surface area (Å²) in [6.45, 7) is 6.32. The van der Waals surface area contributed by atoms with Crippen molar-refractivity contribution in [2.75, 3.05) is 0 Å². The maximum Gasteiger partial charge on any atom is 0.135 e. The van der Waals surface area contributed by atoms with E-state index < -0.39 is 0 Å². The van der Waals surface area contributed by atoms with Gasteiger partial charge in [-0.3, -0.25) is 4.79 Å². The van der Waals surface area contributed by atoms with Crippen molar-refractivity contribution in [2.45, 2.75) is 65.7 Å². The SMILES string of the molecule is CC[C@H]1CC[C@@H](CCC(=O)C(C)C)CC1. The first-order valence-corrected chi connectivity index (χ1v) is 6.66. The standard InChI is InChI=1S/C14H26O/c1-4-12-5-7-13(8-6-12)9-10-14(15)11(2)3/h11-13H,4-10H2,1-3H3/t12-,13+. The van der Waals surface area contributed by atoms with E-state index in [1.807, 2.05) is 13.8 Å². The van der Waals surface area contributed by atoms with E-state index in [-0.39, 0.29) is 5.92 Å². The highest BCUT2D eigenvalue weighted by atomic mass is 16.1. The molecule has 0 aliphatic heterocycles. The van der Waals surface area contributed by atoms with Crippen LogP contribution in [0.25, 0.3) is 0 Å². The van der Waals surface area contributed by atoms with Crippen molar-refractivity contribution in [3.8, 4) is 0 Å². The predicted octanol–water partition coefficient (Wildman–Crippen LogP) is 4.21. The summed E-state index contributed by atoms with van der Waals surface area (Å²) in [5.41, 5.74) is 0. The summed E-state index contributed by atoms with van der Waals surface area (Å²) in [4.78, 5) is 11.5. The normalized spacial score (nSPS) is 26.9. The van der Waals surface area contributed by atoms with E-state index in [9.17, 15) is 4.79 Å². The predicted molar refractivity (Wildman–Crippen MR) is 64.8 cm³/mol. The van der Waals surface area contributed by atoms with Crippen molar-refractivity contribution in [3.63, 3.8) is 0 Å². The van der Waals surface area contributed by atoms with E-state index in [0.29, 0.717) is 5.78 Å². The molecule has 1 fully saturated rings. The molecule has 0 unspecified atom stereocenters. The minimum absolute atomic E-state index is 0.233. The van der Waals surface area contributed by atoms with Crippen molar-refractivity contribution in [2.24, 2.45) is 17.8 Å². The van der Waals surface area contributed by atoms with Crippen LogP contribution in [0.5, 0.6) is 0 Å². The van der Waals surface area contributed by atoms with Crippen molar-refractivity contribution in [3.05, 3.63) is 0 Å². The van der Waals surface area contributed by atoms with Gasteiger partial charge in [0.15, 0.2) is 0 Å². The Balaban J connectivity index is 2.16. The average Bonchev–Trinajstić information content (AvgIpc) is 2.26. The third-order valence-electron chi connectivity index (χ3n) is 3.99. The smallest absolute Gasteiger partial charge is 0.135 e. The Morgan fingerprint density at radius 2 is 1.67 bits per heavy atom. The molecule has 0 N–H and O–H groups in total. The molecule has 0 atom stereocenters. The van der Waals surface area contributed by atoms with E-state index in [4.69, 9.17) is 0 Å². The Morgan fingerprint density at radius 3 is 2.13 bits per heavy atom. The van der Waals surface area contributed by atoms with Gasteiger partial charge in [0.2, 0.25) is 0 Å². The third-order valence-corrected chi connectivity index (χ3v) is 3.99. The molecule has 0 bridgehead atoms. The van der Waals surface area contributed by atoms with Gasteiger partial charge in [0.25, 0.3) is 0 Å². The minimum Gasteiger partial charge on any atom is -0.299 e. The van der Waals surface area contributed by atoms with Crippen molar-refractivity contribution < 1.29 is 4.79 Å². The molecular formula is C14H26O. The van der Waals surface area contributed by atoms with Crippen LogP contribution in [0.15, 0.2) is 0 Å². The fraction of sp³-hybridized carbons (Fsp3) is 0.929. The number of rotatable bonds is 5. The molecule has 1 aliphatic carbocycles. The maximum absolute atomic E-state index is 11.5. The summed E-state index contributed by atoms with van der Waals surface area (Å²) in [6.07, 6.45) is 8.84. The topological polar surface area (TPSA) is 17.1 Å². The first kappa shape index (κ1) is 12.7. The maximum atomic E-state index is 11.5. The van der Waals surface area contributed by atoms with Gasteiger partial charge < -0.3 is 0 Å². The van der Waals surface area contributed by atoms with Gasteiger partial charge in [0.05, 0.1) is 0 Å². The molecule has 0 heterocycles. The molecule has 0 saturated heterocycles. The van der Waals surface area contributed by atoms with Gasteiger partial charge >= 0.3 is 0 Å². The highest BCUT2D eigenvalue weighted by Crippen LogP contribution is 2.33. The quantitative estimate of drug-likeness (QED) is 0.664. The van der Waals surface area contributed by atoms with Crippen LogP contribution in [-0.4, -0.2) is 5.78 Å². The second kappa shape index (κ2) is 6.30. The van der Waals surface area contributed by atoms with Crippen LogP contribution in [0.4, 0.5) is 0 Å². The molecule has 1 rings (SSSR count). The summed E-state index contributed by atoms with van der Waals surface area (Å²) in [5, 5.41) is 0. The molecule has 1 heteroatoms. The van der Waals surface area contributed by atoms with Gasteiger partial charge in [0, 0.05) is 12.3 Å². The Morgan fingerprint density at radius 1 is 1.13 bits per heavy atom. The Hall–Kier alpha value is -0.330. The van der Waals surface area contributed by atoms with E-state index in [0.717, 1.165) is 24.7 Å². The first-order valence-electron chi connectivity index (χ1n) is 6.66. The number of ketones is 1. The molecule has 1 aliphatic rings. The summed E-state index contributed by atoms with van der Waals surface area (Å²) < 4.78 is 0. The van der Waals surface area contributed by atoms with Crippen LogP contribution in [-0.2, 0) is 4.79 Å². The Labute approximate surface area is 94.6 Å². The molecule has 0 amide bonds. The van der Waals surface area contributed by atoms with Crippen molar-refractivity contribution in [1.29, 1.82) is 0 Å². The highest BCUT2D eigenvalue weighted by molar-refractivity contribution is 5.80. The molecule has 0 aromatic rings. The second-order valence-corrected chi connectivity index (χ2v) is 5.45. The number of carbonyl (C=O) groups excluding carboxylic acids is 1. The van der Waals surface area contributed by atoms with Crippen LogP contribution < -0.4 is 0 Å². The largest absolute Gasteiger partial charge is 0.299 e. The molecular weight excluding hydrogens is 184 g/mol. The second-order valence-electron chi connectivity index (χ2n) is 5.45. The lowest BCUT2D eigenvalue weighted by atomic mass is 9.78. The molecule has 0 aromatic heterocycles. The van der Waals surface area contributed by atoms with E-state index in [1.165, 1.54) is 32.1 Å². The number of carbonyl (C=O) groups is 1. The third kappa shape index (κ3) is 4.36. The van der Waals surface area contributed by atoms with Crippen LogP contribution in [0.2, 0.25) is 0 Å². The zero-order chi connectivity index (χ0) is 11.3. The molecule has 0 radical (unpaired) electrons. The van der Waals surface area contributed by atoms with Gasteiger partial charge in [-0.15, -0.1) is 0 Å². The Kier molecular flexibility index (Phi) is 5.35. The molecule has 15 heavy (non-hydrogen) atoms. The summed E-state index contributed by atoms with van der Waals surface area (Å²) >= 11 is 0. The highest BCUT2D eigenvalue weighted by Gasteiger charge is 2.20. The first-order chi connectivity index (χ1) is 7.13. The van der Waals surface area contributed by atoms with Gasteiger partial charge in [-0.2, -0.15) is 0 Å². The number of hydrogen-bond donors (Lipinski definition) is 0. The fourth-order valence-corrected chi connectivity index (χ4v) is 2.56. The zero-order valence-corrected chi connectivity index (χ0v) is 10.6. The molecule has 88 valence electrons. The zero-order valence-electron chi connectivity index (χ0n) is 10.6. The van der Waals surface area contributed by atoms with Crippen LogP contribution >= 0.6 is 0 Å². The van der Waals surface area contributed by atoms with Gasteiger partial charge in [-0.1, -0.05) is 52.9 Å². The Bertz CT molecular complexity index is 188. The number of hydrogen-bond acceptors (Lipinski definition) is 1. The van der Waals surface area contributed by atoms with Crippen LogP contribution in [0.1, 0.15) is 65.7 Å². The molecule has 1 saturated carbocycles. The van der Waals surface area contributed by atoms with Crippen molar-refractivity contribution in [1.82, 2.24) is 0 Å². The molecule has 0 spiro atoms. The minimum atomic E-state index is 0.233. The summed E-state index contributed by atoms with van der Waals surface area (Å²) in [5.74, 6) is 2.50. The lowest BCUT2D eigenvalue weighted by Crippen LogP contribution is -2.16. The molecule has 1 nitrogen and oxygen atoms in total. The van der Waals surface area contributed by atoms with E-state index >= 15 is 0 Å². The van der Waals surface area contributed by atoms with Crippen molar-refractivity contribution >= 4 is 5.78 Å². The summed E-state index contributed by atoms with van der Waals surface area (Å²) in [6, 6.07) is 0. The van der Waals surface area contributed by atoms with Crippen LogP contribution in [0.3, 0.4) is 0 Å². The lowest BCUT2D eigenvalue weighted by Gasteiger charge is -2.27. The average molecular weight is 210 g/mol.